The van der Waals surface area contributed by atoms with Crippen molar-refractivity contribution in [1.29, 1.82) is 5.26 Å². The fourth-order valence-electron chi connectivity index (χ4n) is 2.19. The highest BCUT2D eigenvalue weighted by Gasteiger charge is 2.23. The van der Waals surface area contributed by atoms with E-state index in [1.54, 1.807) is 12.1 Å². The number of alkyl halides is 1. The molecule has 2 atom stereocenters. The van der Waals surface area contributed by atoms with Gasteiger partial charge in [-0.15, -0.1) is 0 Å². The first kappa shape index (κ1) is 14.7. The fraction of sp³-hybridized carbons (Fsp3) is 0.462. The summed E-state index contributed by atoms with van der Waals surface area (Å²) in [7, 11) is 0. The second-order valence-corrected chi connectivity index (χ2v) is 6.04. The van der Waals surface area contributed by atoms with E-state index in [0.717, 1.165) is 5.56 Å². The van der Waals surface area contributed by atoms with Gasteiger partial charge in [-0.25, -0.2) is 0 Å². The lowest BCUT2D eigenvalue weighted by molar-refractivity contribution is -0.385. The van der Waals surface area contributed by atoms with E-state index < -0.39 is 4.92 Å². The van der Waals surface area contributed by atoms with Gasteiger partial charge in [0.2, 0.25) is 0 Å². The van der Waals surface area contributed by atoms with E-state index in [2.05, 4.69) is 29.8 Å². The van der Waals surface area contributed by atoms with Crippen LogP contribution in [0.3, 0.4) is 0 Å². The summed E-state index contributed by atoms with van der Waals surface area (Å²) >= 11 is 3.56. The molecule has 4 nitrogen and oxygen atoms in total. The minimum atomic E-state index is -0.524. The van der Waals surface area contributed by atoms with Gasteiger partial charge in [0.15, 0.2) is 0 Å². The average Bonchev–Trinajstić information content (AvgIpc) is 2.27. The second-order valence-electron chi connectivity index (χ2n) is 4.59. The van der Waals surface area contributed by atoms with E-state index in [1.165, 1.54) is 6.07 Å². The summed E-state index contributed by atoms with van der Waals surface area (Å²) in [6.45, 7) is 6.23. The highest BCUT2D eigenvalue weighted by molar-refractivity contribution is 9.09. The Kier molecular flexibility index (Phi) is 4.85. The highest BCUT2D eigenvalue weighted by Crippen LogP contribution is 2.34. The number of nitriles is 1. The third-order valence-electron chi connectivity index (χ3n) is 2.94. The van der Waals surface area contributed by atoms with Crippen LogP contribution in [0.5, 0.6) is 0 Å². The van der Waals surface area contributed by atoms with Crippen molar-refractivity contribution < 1.29 is 4.92 Å². The Morgan fingerprint density at radius 2 is 2.00 bits per heavy atom. The van der Waals surface area contributed by atoms with Crippen LogP contribution in [0.1, 0.15) is 37.8 Å². The number of nitrogens with zero attached hydrogens (tertiary/aromatic N) is 2. The molecule has 0 saturated carbocycles. The Morgan fingerprint density at radius 1 is 1.39 bits per heavy atom. The van der Waals surface area contributed by atoms with Crippen molar-refractivity contribution in [3.8, 4) is 6.07 Å². The summed E-state index contributed by atoms with van der Waals surface area (Å²) in [6.07, 6.45) is 0. The number of benzene rings is 1. The first-order chi connectivity index (χ1) is 8.38. The molecule has 0 aromatic heterocycles. The van der Waals surface area contributed by atoms with E-state index in [-0.39, 0.29) is 22.0 Å². The van der Waals surface area contributed by atoms with Crippen molar-refractivity contribution in [2.24, 2.45) is 5.92 Å². The maximum Gasteiger partial charge on any atom is 0.287 e. The molecule has 0 saturated heterocycles. The third kappa shape index (κ3) is 3.08. The van der Waals surface area contributed by atoms with Crippen LogP contribution in [-0.2, 0) is 0 Å². The molecular formula is C13H15BrN2O2. The molecule has 0 heterocycles. The summed E-state index contributed by atoms with van der Waals surface area (Å²) in [5.41, 5.74) is 0.943. The van der Waals surface area contributed by atoms with Gasteiger partial charge in [0.05, 0.1) is 4.92 Å². The molecule has 0 aliphatic heterocycles. The number of halogens is 1. The molecule has 0 bridgehead atoms. The lowest BCUT2D eigenvalue weighted by Gasteiger charge is -2.24. The highest BCUT2D eigenvalue weighted by atomic mass is 79.9. The van der Waals surface area contributed by atoms with E-state index in [9.17, 15) is 10.1 Å². The zero-order valence-corrected chi connectivity index (χ0v) is 12.1. The molecule has 0 aliphatic rings. The lowest BCUT2D eigenvalue weighted by atomic mass is 9.85. The van der Waals surface area contributed by atoms with E-state index in [1.807, 2.05) is 13.0 Å². The van der Waals surface area contributed by atoms with Gasteiger partial charge in [0.1, 0.15) is 11.6 Å². The van der Waals surface area contributed by atoms with Gasteiger partial charge in [-0.1, -0.05) is 42.8 Å². The van der Waals surface area contributed by atoms with Crippen LogP contribution < -0.4 is 0 Å². The van der Waals surface area contributed by atoms with Crippen molar-refractivity contribution in [3.05, 3.63) is 39.4 Å². The Hall–Kier alpha value is -1.41. The molecule has 18 heavy (non-hydrogen) atoms. The van der Waals surface area contributed by atoms with Crippen LogP contribution in [0.25, 0.3) is 0 Å². The number of nitro benzene ring substituents is 1. The standard InChI is InChI=1S/C13H15BrN2O2/c1-8(2)13(9(3)14)10-4-5-12(16(17)18)11(6-10)7-15/h4-6,8-9,13H,1-3H3. The molecule has 1 aromatic carbocycles. The molecule has 0 amide bonds. The van der Waals surface area contributed by atoms with Crippen molar-refractivity contribution >= 4 is 21.6 Å². The SMILES string of the molecule is CC(C)C(c1ccc([N+](=O)[O-])c(C#N)c1)C(C)Br. The summed E-state index contributed by atoms with van der Waals surface area (Å²) < 4.78 is 0. The lowest BCUT2D eigenvalue weighted by Crippen LogP contribution is -2.15. The largest absolute Gasteiger partial charge is 0.287 e. The normalized spacial score (nSPS) is 14.0. The number of nitro groups is 1. The zero-order valence-electron chi connectivity index (χ0n) is 10.6. The molecule has 0 radical (unpaired) electrons. The second kappa shape index (κ2) is 5.96. The average molecular weight is 311 g/mol. The maximum absolute atomic E-state index is 10.8. The number of hydrogen-bond acceptors (Lipinski definition) is 3. The van der Waals surface area contributed by atoms with Gasteiger partial charge in [-0.2, -0.15) is 5.26 Å². The fourth-order valence-corrected chi connectivity index (χ4v) is 3.11. The van der Waals surface area contributed by atoms with E-state index in [4.69, 9.17) is 5.26 Å². The minimum absolute atomic E-state index is 0.122. The van der Waals surface area contributed by atoms with Crippen molar-refractivity contribution in [1.82, 2.24) is 0 Å². The predicted octanol–water partition coefficient (Wildman–Crippen LogP) is 3.99. The molecular weight excluding hydrogens is 296 g/mol. The molecule has 0 spiro atoms. The molecule has 0 N–H and O–H groups in total. The van der Waals surface area contributed by atoms with Crippen LogP contribution in [0.4, 0.5) is 5.69 Å². The van der Waals surface area contributed by atoms with Crippen molar-refractivity contribution in [2.45, 2.75) is 31.5 Å². The molecule has 5 heteroatoms. The van der Waals surface area contributed by atoms with Gasteiger partial charge in [0.25, 0.3) is 5.69 Å². The van der Waals surface area contributed by atoms with Gasteiger partial charge in [-0.3, -0.25) is 10.1 Å². The zero-order chi connectivity index (χ0) is 13.9. The third-order valence-corrected chi connectivity index (χ3v) is 3.51. The van der Waals surface area contributed by atoms with Gasteiger partial charge in [0, 0.05) is 10.9 Å². The summed E-state index contributed by atoms with van der Waals surface area (Å²) in [5.74, 6) is 0.602. The maximum atomic E-state index is 10.8. The van der Waals surface area contributed by atoms with E-state index in [0.29, 0.717) is 5.92 Å². The number of hydrogen-bond donors (Lipinski definition) is 0. The van der Waals surface area contributed by atoms with Crippen LogP contribution in [0, 0.1) is 27.4 Å². The summed E-state index contributed by atoms with van der Waals surface area (Å²) in [6, 6.07) is 6.67. The van der Waals surface area contributed by atoms with E-state index >= 15 is 0 Å². The van der Waals surface area contributed by atoms with Crippen LogP contribution in [0.15, 0.2) is 18.2 Å². The molecule has 2 unspecified atom stereocenters. The first-order valence-electron chi connectivity index (χ1n) is 5.71. The van der Waals surface area contributed by atoms with Crippen LogP contribution in [-0.4, -0.2) is 9.75 Å². The Morgan fingerprint density at radius 3 is 2.39 bits per heavy atom. The molecule has 1 rings (SSSR count). The first-order valence-corrected chi connectivity index (χ1v) is 6.62. The summed E-state index contributed by atoms with van der Waals surface area (Å²) in [5, 5.41) is 19.8. The van der Waals surface area contributed by atoms with Crippen LogP contribution >= 0.6 is 15.9 Å². The number of rotatable bonds is 4. The monoisotopic (exact) mass is 310 g/mol. The van der Waals surface area contributed by atoms with Crippen molar-refractivity contribution in [2.75, 3.05) is 0 Å². The minimum Gasteiger partial charge on any atom is -0.258 e. The van der Waals surface area contributed by atoms with Crippen LogP contribution in [0.2, 0.25) is 0 Å². The Balaban J connectivity index is 3.28. The van der Waals surface area contributed by atoms with Crippen molar-refractivity contribution in [3.63, 3.8) is 0 Å². The quantitative estimate of drug-likeness (QED) is 0.479. The predicted molar refractivity (Wildman–Crippen MR) is 73.8 cm³/mol. The smallest absolute Gasteiger partial charge is 0.258 e. The van der Waals surface area contributed by atoms with Gasteiger partial charge >= 0.3 is 0 Å². The molecule has 0 aliphatic carbocycles. The molecule has 96 valence electrons. The Labute approximate surface area is 115 Å². The topological polar surface area (TPSA) is 66.9 Å². The Bertz CT molecular complexity index is 484. The van der Waals surface area contributed by atoms with Gasteiger partial charge < -0.3 is 0 Å². The van der Waals surface area contributed by atoms with Gasteiger partial charge in [-0.05, 0) is 23.5 Å². The molecule has 0 fully saturated rings. The molecule has 1 aromatic rings. The summed E-state index contributed by atoms with van der Waals surface area (Å²) in [4.78, 5) is 10.5.